The highest BCUT2D eigenvalue weighted by molar-refractivity contribution is 6.23. The molecule has 1 saturated heterocycles. The first-order chi connectivity index (χ1) is 16.1. The summed E-state index contributed by atoms with van der Waals surface area (Å²) in [5.74, 6) is -0.293. The van der Waals surface area contributed by atoms with Crippen LogP contribution in [0.5, 0.6) is 0 Å². The van der Waals surface area contributed by atoms with Gasteiger partial charge < -0.3 is 9.64 Å². The molecule has 34 heavy (non-hydrogen) atoms. The van der Waals surface area contributed by atoms with E-state index in [2.05, 4.69) is 0 Å². The average Bonchev–Trinajstić information content (AvgIpc) is 2.75. The molecule has 0 aromatic heterocycles. The highest BCUT2D eigenvalue weighted by atomic mass is 19.1. The van der Waals surface area contributed by atoms with E-state index in [4.69, 9.17) is 4.74 Å². The van der Waals surface area contributed by atoms with Crippen LogP contribution in [0.3, 0.4) is 0 Å². The molecule has 2 aromatic carbocycles. The first-order valence-corrected chi connectivity index (χ1v) is 11.7. The lowest BCUT2D eigenvalue weighted by molar-refractivity contribution is -0.138. The van der Waals surface area contributed by atoms with E-state index in [-0.39, 0.29) is 22.9 Å². The average molecular weight is 464 g/mol. The largest absolute Gasteiger partial charge is 0.430 e. The fourth-order valence-electron chi connectivity index (χ4n) is 5.43. The van der Waals surface area contributed by atoms with Crippen molar-refractivity contribution in [1.82, 2.24) is 4.90 Å². The number of piperidine rings is 1. The molecule has 2 aromatic rings. The number of carbonyl (C=O) groups excluding carboxylic acids is 3. The molecule has 0 radical (unpaired) electrons. The summed E-state index contributed by atoms with van der Waals surface area (Å²) in [6.07, 6.45) is 2.28. The smallest absolute Gasteiger partial charge is 0.307 e. The summed E-state index contributed by atoms with van der Waals surface area (Å²) >= 11 is 0. The minimum absolute atomic E-state index is 0.0282. The van der Waals surface area contributed by atoms with E-state index < -0.39 is 5.97 Å². The Balaban J connectivity index is 1.74. The van der Waals surface area contributed by atoms with Gasteiger partial charge in [-0.2, -0.15) is 0 Å². The van der Waals surface area contributed by atoms with Crippen LogP contribution in [-0.4, -0.2) is 35.6 Å². The van der Waals surface area contributed by atoms with E-state index in [1.54, 1.807) is 19.1 Å². The standard InChI is InChI=1S/C28H30FNO4/c1-17-13-22(21-5-7-23(29)8-6-21)14-18(2)26(17)27-24(33)15-28(16-25(27)34-20(4)32)9-11-30(12-10-28)19(3)31/h5-8,13-14H,9-12,15-16H2,1-4H3. The molecule has 0 bridgehead atoms. The van der Waals surface area contributed by atoms with Gasteiger partial charge in [0.25, 0.3) is 0 Å². The summed E-state index contributed by atoms with van der Waals surface area (Å²) in [6.45, 7) is 8.01. The van der Waals surface area contributed by atoms with Crippen LogP contribution in [0.2, 0.25) is 0 Å². The zero-order chi connectivity index (χ0) is 24.6. The van der Waals surface area contributed by atoms with Crippen LogP contribution in [0.15, 0.2) is 42.2 Å². The Kier molecular flexibility index (Phi) is 6.43. The number of hydrogen-bond acceptors (Lipinski definition) is 4. The molecule has 1 aliphatic carbocycles. The zero-order valence-electron chi connectivity index (χ0n) is 20.2. The predicted octanol–water partition coefficient (Wildman–Crippen LogP) is 5.38. The van der Waals surface area contributed by atoms with Gasteiger partial charge >= 0.3 is 5.97 Å². The second-order valence-electron chi connectivity index (χ2n) is 9.67. The number of esters is 1. The molecule has 1 amide bonds. The number of ketones is 1. The third kappa shape index (κ3) is 4.67. The molecule has 5 nitrogen and oxygen atoms in total. The van der Waals surface area contributed by atoms with Crippen molar-refractivity contribution in [1.29, 1.82) is 0 Å². The van der Waals surface area contributed by atoms with Crippen molar-refractivity contribution >= 4 is 23.2 Å². The van der Waals surface area contributed by atoms with Crippen molar-refractivity contribution in [3.05, 3.63) is 64.7 Å². The van der Waals surface area contributed by atoms with Gasteiger partial charge in [0.05, 0.1) is 5.57 Å². The predicted molar refractivity (Wildman–Crippen MR) is 128 cm³/mol. The highest BCUT2D eigenvalue weighted by Gasteiger charge is 2.44. The van der Waals surface area contributed by atoms with E-state index in [0.717, 1.165) is 27.8 Å². The SMILES string of the molecule is CC(=O)OC1=C(c2c(C)cc(-c3ccc(F)cc3)cc2C)C(=O)CC2(CCN(C(C)=O)CC2)C1. The second kappa shape index (κ2) is 9.16. The van der Waals surface area contributed by atoms with Crippen LogP contribution in [0.4, 0.5) is 4.39 Å². The third-order valence-corrected chi connectivity index (χ3v) is 7.13. The van der Waals surface area contributed by atoms with Gasteiger partial charge in [0.1, 0.15) is 11.6 Å². The Morgan fingerprint density at radius 3 is 2.06 bits per heavy atom. The van der Waals surface area contributed by atoms with Crippen LogP contribution < -0.4 is 0 Å². The summed E-state index contributed by atoms with van der Waals surface area (Å²) in [6, 6.07) is 10.3. The summed E-state index contributed by atoms with van der Waals surface area (Å²) in [4.78, 5) is 39.2. The van der Waals surface area contributed by atoms with E-state index in [0.29, 0.717) is 50.1 Å². The number of likely N-dealkylation sites (tertiary alicyclic amines) is 1. The molecule has 1 heterocycles. The Morgan fingerprint density at radius 2 is 1.53 bits per heavy atom. The molecular weight excluding hydrogens is 433 g/mol. The topological polar surface area (TPSA) is 63.7 Å². The highest BCUT2D eigenvalue weighted by Crippen LogP contribution is 2.48. The lowest BCUT2D eigenvalue weighted by Gasteiger charge is -2.44. The first-order valence-electron chi connectivity index (χ1n) is 11.7. The molecule has 0 N–H and O–H groups in total. The number of amides is 1. The van der Waals surface area contributed by atoms with Crippen LogP contribution in [-0.2, 0) is 19.1 Å². The van der Waals surface area contributed by atoms with Crippen molar-refractivity contribution in [2.45, 2.75) is 53.4 Å². The van der Waals surface area contributed by atoms with Gasteiger partial charge in [0, 0.05) is 39.8 Å². The van der Waals surface area contributed by atoms with Gasteiger partial charge in [0.15, 0.2) is 5.78 Å². The number of ether oxygens (including phenoxy) is 1. The number of allylic oxidation sites excluding steroid dienone is 2. The fraction of sp³-hybridized carbons (Fsp3) is 0.393. The maximum atomic E-state index is 13.6. The van der Waals surface area contributed by atoms with E-state index in [1.807, 2.05) is 30.9 Å². The Bertz CT molecular complexity index is 1160. The molecule has 178 valence electrons. The molecule has 0 atom stereocenters. The van der Waals surface area contributed by atoms with Gasteiger partial charge in [-0.15, -0.1) is 0 Å². The second-order valence-corrected chi connectivity index (χ2v) is 9.67. The lowest BCUT2D eigenvalue weighted by atomic mass is 9.66. The third-order valence-electron chi connectivity index (χ3n) is 7.13. The Hall–Kier alpha value is -3.28. The maximum absolute atomic E-state index is 13.6. The van der Waals surface area contributed by atoms with Crippen molar-refractivity contribution in [2.75, 3.05) is 13.1 Å². The minimum Gasteiger partial charge on any atom is -0.430 e. The monoisotopic (exact) mass is 463 g/mol. The summed E-state index contributed by atoms with van der Waals surface area (Å²) in [7, 11) is 0. The summed E-state index contributed by atoms with van der Waals surface area (Å²) < 4.78 is 19.0. The minimum atomic E-state index is -0.447. The number of hydrogen-bond donors (Lipinski definition) is 0. The maximum Gasteiger partial charge on any atom is 0.307 e. The molecule has 0 saturated carbocycles. The fourth-order valence-corrected chi connectivity index (χ4v) is 5.43. The summed E-state index contributed by atoms with van der Waals surface area (Å²) in [5, 5.41) is 0. The molecule has 4 rings (SSSR count). The Labute approximate surface area is 199 Å². The van der Waals surface area contributed by atoms with Gasteiger partial charge in [-0.25, -0.2) is 4.39 Å². The first kappa shape index (κ1) is 23.9. The van der Waals surface area contributed by atoms with Gasteiger partial charge in [-0.05, 0) is 72.1 Å². The number of aryl methyl sites for hydroxylation is 2. The van der Waals surface area contributed by atoms with Crippen LogP contribution in [0.25, 0.3) is 16.7 Å². The van der Waals surface area contributed by atoms with E-state index in [1.165, 1.54) is 19.1 Å². The molecule has 1 fully saturated rings. The van der Waals surface area contributed by atoms with Crippen molar-refractivity contribution in [3.8, 4) is 11.1 Å². The molecule has 6 heteroatoms. The zero-order valence-corrected chi connectivity index (χ0v) is 20.2. The molecule has 0 unspecified atom stereocenters. The van der Waals surface area contributed by atoms with Crippen LogP contribution in [0.1, 0.15) is 56.2 Å². The number of halogens is 1. The van der Waals surface area contributed by atoms with Gasteiger partial charge in [0.2, 0.25) is 5.91 Å². The molecule has 1 aliphatic heterocycles. The molecule has 1 spiro atoms. The number of nitrogens with zero attached hydrogens (tertiary/aromatic N) is 1. The lowest BCUT2D eigenvalue weighted by Crippen LogP contribution is -2.45. The summed E-state index contributed by atoms with van der Waals surface area (Å²) in [5.41, 5.74) is 4.60. The van der Waals surface area contributed by atoms with Gasteiger partial charge in [-0.3, -0.25) is 14.4 Å². The van der Waals surface area contributed by atoms with Crippen LogP contribution >= 0.6 is 0 Å². The number of carbonyl (C=O) groups is 3. The molecule has 2 aliphatic rings. The van der Waals surface area contributed by atoms with E-state index in [9.17, 15) is 18.8 Å². The normalized spacial score (nSPS) is 17.8. The van der Waals surface area contributed by atoms with Crippen molar-refractivity contribution in [3.63, 3.8) is 0 Å². The van der Waals surface area contributed by atoms with Crippen molar-refractivity contribution in [2.24, 2.45) is 5.41 Å². The van der Waals surface area contributed by atoms with Gasteiger partial charge in [-0.1, -0.05) is 24.3 Å². The van der Waals surface area contributed by atoms with Crippen LogP contribution in [0, 0.1) is 25.1 Å². The Morgan fingerprint density at radius 1 is 0.941 bits per heavy atom. The van der Waals surface area contributed by atoms with E-state index >= 15 is 0 Å². The number of Topliss-reactive ketones (excluding diaryl/α,β-unsaturated/α-hetero) is 1. The molecular formula is C28H30FNO4. The quantitative estimate of drug-likeness (QED) is 0.574. The van der Waals surface area contributed by atoms with Crippen molar-refractivity contribution < 1.29 is 23.5 Å². The number of benzene rings is 2. The number of rotatable bonds is 3.